The fraction of sp³-hybridized carbons (Fsp3) is 0.462. The second-order valence-corrected chi connectivity index (χ2v) is 6.66. The van der Waals surface area contributed by atoms with Gasteiger partial charge in [-0.2, -0.15) is 0 Å². The zero-order valence-corrected chi connectivity index (χ0v) is 12.3. The molecule has 1 fully saturated rings. The Morgan fingerprint density at radius 3 is 3.00 bits per heavy atom. The normalized spacial score (nSPS) is 20.8. The molecule has 0 radical (unpaired) electrons. The van der Waals surface area contributed by atoms with Gasteiger partial charge in [0, 0.05) is 33.9 Å². The monoisotopic (exact) mass is 300 g/mol. The number of amides is 1. The standard InChI is InChI=1S/C13H17ClN2O2S/c1-2-19(18)7-6-16-12(17)9-15-13(16)10-4-3-5-11(14)8-10/h3-5,8,13,15H,2,6-7,9H2,1H3. The summed E-state index contributed by atoms with van der Waals surface area (Å²) in [6.07, 6.45) is -0.167. The average Bonchev–Trinajstić information content (AvgIpc) is 2.77. The van der Waals surface area contributed by atoms with E-state index in [2.05, 4.69) is 5.32 Å². The Morgan fingerprint density at radius 1 is 1.53 bits per heavy atom. The van der Waals surface area contributed by atoms with E-state index in [0.717, 1.165) is 5.56 Å². The summed E-state index contributed by atoms with van der Waals surface area (Å²) >= 11 is 5.98. The van der Waals surface area contributed by atoms with E-state index in [4.69, 9.17) is 11.6 Å². The molecule has 1 aromatic rings. The maximum atomic E-state index is 11.9. The molecule has 1 aliphatic rings. The van der Waals surface area contributed by atoms with Crippen LogP contribution in [0.1, 0.15) is 18.7 Å². The predicted octanol–water partition coefficient (Wildman–Crippen LogP) is 1.54. The van der Waals surface area contributed by atoms with Gasteiger partial charge in [-0.05, 0) is 17.7 Å². The van der Waals surface area contributed by atoms with Gasteiger partial charge >= 0.3 is 0 Å². The van der Waals surface area contributed by atoms with Crippen molar-refractivity contribution >= 4 is 28.3 Å². The number of carbonyl (C=O) groups is 1. The summed E-state index contributed by atoms with van der Waals surface area (Å²) in [6, 6.07) is 7.45. The van der Waals surface area contributed by atoms with Gasteiger partial charge in [-0.25, -0.2) is 0 Å². The van der Waals surface area contributed by atoms with E-state index < -0.39 is 10.8 Å². The molecule has 0 spiro atoms. The quantitative estimate of drug-likeness (QED) is 0.897. The van der Waals surface area contributed by atoms with Crippen LogP contribution in [0.3, 0.4) is 0 Å². The number of nitrogens with zero attached hydrogens (tertiary/aromatic N) is 1. The van der Waals surface area contributed by atoms with Crippen LogP contribution >= 0.6 is 11.6 Å². The van der Waals surface area contributed by atoms with Gasteiger partial charge < -0.3 is 4.90 Å². The third-order valence-electron chi connectivity index (χ3n) is 3.12. The van der Waals surface area contributed by atoms with Crippen LogP contribution in [0, 0.1) is 0 Å². The first kappa shape index (κ1) is 14.5. The van der Waals surface area contributed by atoms with Gasteiger partial charge in [0.15, 0.2) is 0 Å². The highest BCUT2D eigenvalue weighted by molar-refractivity contribution is 7.84. The summed E-state index contributed by atoms with van der Waals surface area (Å²) in [4.78, 5) is 13.6. The topological polar surface area (TPSA) is 49.4 Å². The molecule has 0 bridgehead atoms. The molecule has 19 heavy (non-hydrogen) atoms. The number of halogens is 1. The van der Waals surface area contributed by atoms with Gasteiger partial charge in [0.05, 0.1) is 6.54 Å². The molecule has 0 aliphatic carbocycles. The fourth-order valence-electron chi connectivity index (χ4n) is 2.11. The number of benzene rings is 1. The van der Waals surface area contributed by atoms with E-state index in [-0.39, 0.29) is 12.1 Å². The lowest BCUT2D eigenvalue weighted by molar-refractivity contribution is -0.127. The average molecular weight is 301 g/mol. The lowest BCUT2D eigenvalue weighted by Crippen LogP contribution is -2.33. The number of rotatable bonds is 5. The number of hydrogen-bond acceptors (Lipinski definition) is 3. The van der Waals surface area contributed by atoms with Crippen molar-refractivity contribution in [2.75, 3.05) is 24.6 Å². The third-order valence-corrected chi connectivity index (χ3v) is 4.64. The Labute approximate surface area is 120 Å². The number of hydrogen-bond donors (Lipinski definition) is 1. The van der Waals surface area contributed by atoms with E-state index in [1.807, 2.05) is 25.1 Å². The molecule has 1 N–H and O–H groups in total. The van der Waals surface area contributed by atoms with Crippen LogP contribution in [0.4, 0.5) is 0 Å². The molecule has 6 heteroatoms. The van der Waals surface area contributed by atoms with Gasteiger partial charge in [0.2, 0.25) is 5.91 Å². The van der Waals surface area contributed by atoms with Crippen LogP contribution < -0.4 is 5.32 Å². The Hall–Kier alpha value is -0.910. The Bertz CT molecular complexity index is 495. The minimum Gasteiger partial charge on any atom is -0.321 e. The first-order chi connectivity index (χ1) is 9.11. The fourth-order valence-corrected chi connectivity index (χ4v) is 3.00. The summed E-state index contributed by atoms with van der Waals surface area (Å²) in [5.74, 6) is 1.18. The highest BCUT2D eigenvalue weighted by Gasteiger charge is 2.31. The lowest BCUT2D eigenvalue weighted by Gasteiger charge is -2.24. The van der Waals surface area contributed by atoms with Crippen molar-refractivity contribution in [2.45, 2.75) is 13.1 Å². The van der Waals surface area contributed by atoms with Gasteiger partial charge in [-0.3, -0.25) is 14.3 Å². The molecular weight excluding hydrogens is 284 g/mol. The molecule has 0 saturated carbocycles. The first-order valence-electron chi connectivity index (χ1n) is 6.25. The SMILES string of the molecule is CCS(=O)CCN1C(=O)CNC1c1cccc(Cl)c1. The van der Waals surface area contributed by atoms with Gasteiger partial charge in [0.1, 0.15) is 6.17 Å². The van der Waals surface area contributed by atoms with Crippen LogP contribution in [-0.4, -0.2) is 39.6 Å². The molecule has 1 amide bonds. The molecule has 1 aromatic carbocycles. The summed E-state index contributed by atoms with van der Waals surface area (Å²) in [7, 11) is -0.861. The first-order valence-corrected chi connectivity index (χ1v) is 8.11. The molecule has 2 atom stereocenters. The minimum atomic E-state index is -0.861. The summed E-state index contributed by atoms with van der Waals surface area (Å²) in [5, 5.41) is 3.81. The van der Waals surface area contributed by atoms with Crippen LogP contribution in [0.15, 0.2) is 24.3 Å². The Balaban J connectivity index is 2.11. The third kappa shape index (κ3) is 3.55. The van der Waals surface area contributed by atoms with Crippen molar-refractivity contribution in [3.8, 4) is 0 Å². The van der Waals surface area contributed by atoms with Crippen molar-refractivity contribution < 1.29 is 9.00 Å². The van der Waals surface area contributed by atoms with E-state index >= 15 is 0 Å². The zero-order chi connectivity index (χ0) is 13.8. The molecule has 1 heterocycles. The molecule has 1 saturated heterocycles. The maximum absolute atomic E-state index is 11.9. The molecule has 0 aromatic heterocycles. The largest absolute Gasteiger partial charge is 0.321 e. The van der Waals surface area contributed by atoms with E-state index in [1.165, 1.54) is 0 Å². The molecule has 2 unspecified atom stereocenters. The van der Waals surface area contributed by atoms with Gasteiger partial charge in [-0.15, -0.1) is 0 Å². The van der Waals surface area contributed by atoms with E-state index in [0.29, 0.717) is 29.6 Å². The van der Waals surface area contributed by atoms with E-state index in [1.54, 1.807) is 11.0 Å². The lowest BCUT2D eigenvalue weighted by atomic mass is 10.1. The summed E-state index contributed by atoms with van der Waals surface area (Å²) in [5.41, 5.74) is 0.959. The maximum Gasteiger partial charge on any atom is 0.238 e. The molecular formula is C13H17ClN2O2S. The zero-order valence-electron chi connectivity index (χ0n) is 10.8. The highest BCUT2D eigenvalue weighted by Crippen LogP contribution is 2.24. The van der Waals surface area contributed by atoms with Gasteiger partial charge in [-0.1, -0.05) is 30.7 Å². The predicted molar refractivity (Wildman–Crippen MR) is 77.5 cm³/mol. The molecule has 104 valence electrons. The highest BCUT2D eigenvalue weighted by atomic mass is 35.5. The van der Waals surface area contributed by atoms with E-state index in [9.17, 15) is 9.00 Å². The van der Waals surface area contributed by atoms with Crippen LogP contribution in [-0.2, 0) is 15.6 Å². The van der Waals surface area contributed by atoms with Crippen LogP contribution in [0.25, 0.3) is 0 Å². The Kier molecular flexibility index (Phi) is 4.96. The number of nitrogens with one attached hydrogen (secondary N) is 1. The van der Waals surface area contributed by atoms with Crippen LogP contribution in [0.5, 0.6) is 0 Å². The Morgan fingerprint density at radius 2 is 2.32 bits per heavy atom. The van der Waals surface area contributed by atoms with Crippen molar-refractivity contribution in [2.24, 2.45) is 0 Å². The van der Waals surface area contributed by atoms with Crippen molar-refractivity contribution in [1.29, 1.82) is 0 Å². The summed E-state index contributed by atoms with van der Waals surface area (Å²) in [6.45, 7) is 2.70. The van der Waals surface area contributed by atoms with Crippen molar-refractivity contribution in [3.05, 3.63) is 34.9 Å². The van der Waals surface area contributed by atoms with Crippen molar-refractivity contribution in [1.82, 2.24) is 10.2 Å². The molecule has 1 aliphatic heterocycles. The summed E-state index contributed by atoms with van der Waals surface area (Å²) < 4.78 is 11.5. The number of carbonyl (C=O) groups excluding carboxylic acids is 1. The smallest absolute Gasteiger partial charge is 0.238 e. The molecule has 4 nitrogen and oxygen atoms in total. The van der Waals surface area contributed by atoms with Crippen LogP contribution in [0.2, 0.25) is 5.02 Å². The van der Waals surface area contributed by atoms with Gasteiger partial charge in [0.25, 0.3) is 0 Å². The minimum absolute atomic E-state index is 0.0399. The second kappa shape index (κ2) is 6.50. The van der Waals surface area contributed by atoms with Crippen molar-refractivity contribution in [3.63, 3.8) is 0 Å². The second-order valence-electron chi connectivity index (χ2n) is 4.36. The molecule has 2 rings (SSSR count).